The zero-order valence-corrected chi connectivity index (χ0v) is 11.8. The van der Waals surface area contributed by atoms with Crippen molar-refractivity contribution in [2.75, 3.05) is 23.3 Å². The second-order valence-electron chi connectivity index (χ2n) is 5.15. The first-order chi connectivity index (χ1) is 10.2. The molecule has 1 aliphatic heterocycles. The van der Waals surface area contributed by atoms with Crippen LogP contribution in [0.1, 0.15) is 18.5 Å². The number of halogens is 1. The van der Waals surface area contributed by atoms with Crippen molar-refractivity contribution < 1.29 is 4.39 Å². The quantitative estimate of drug-likeness (QED) is 0.929. The predicted octanol–water partition coefficient (Wildman–Crippen LogP) is 1.80. The summed E-state index contributed by atoms with van der Waals surface area (Å²) in [4.78, 5) is 18.4. The highest BCUT2D eigenvalue weighted by atomic mass is 19.1. The first kappa shape index (κ1) is 13.7. The average Bonchev–Trinajstić information content (AvgIpc) is 2.49. The Bertz CT molecular complexity index is 595. The van der Waals surface area contributed by atoms with Gasteiger partial charge in [0, 0.05) is 30.9 Å². The van der Waals surface area contributed by atoms with E-state index in [1.807, 2.05) is 13.0 Å². The van der Waals surface area contributed by atoms with Gasteiger partial charge in [0.05, 0.1) is 12.4 Å². The number of hydrogen-bond donors (Lipinski definition) is 1. The summed E-state index contributed by atoms with van der Waals surface area (Å²) in [7, 11) is 0. The molecular weight excluding hydrogens is 271 g/mol. The zero-order valence-electron chi connectivity index (χ0n) is 11.8. The molecule has 7 heteroatoms. The van der Waals surface area contributed by atoms with Crippen molar-refractivity contribution in [2.24, 2.45) is 0 Å². The third-order valence-corrected chi connectivity index (χ3v) is 3.54. The maximum Gasteiger partial charge on any atom is 0.225 e. The molecule has 1 saturated heterocycles. The molecule has 1 fully saturated rings. The SMILES string of the molecule is Cc1cc(NC2CCN(c3ncc(F)cn3)CC2)ncn1. The lowest BCUT2D eigenvalue weighted by Crippen LogP contribution is -2.40. The van der Waals surface area contributed by atoms with Crippen LogP contribution in [0.4, 0.5) is 16.2 Å². The lowest BCUT2D eigenvalue weighted by molar-refractivity contribution is 0.516. The molecule has 0 aliphatic carbocycles. The van der Waals surface area contributed by atoms with Crippen LogP contribution in [0.15, 0.2) is 24.8 Å². The highest BCUT2D eigenvalue weighted by Crippen LogP contribution is 2.18. The Labute approximate surface area is 122 Å². The maximum absolute atomic E-state index is 12.8. The molecule has 3 rings (SSSR count). The van der Waals surface area contributed by atoms with Gasteiger partial charge in [-0.2, -0.15) is 0 Å². The van der Waals surface area contributed by atoms with Crippen LogP contribution in [0.2, 0.25) is 0 Å². The summed E-state index contributed by atoms with van der Waals surface area (Å²) in [5.74, 6) is 1.04. The number of aromatic nitrogens is 4. The van der Waals surface area contributed by atoms with Gasteiger partial charge in [-0.3, -0.25) is 0 Å². The molecule has 0 spiro atoms. The smallest absolute Gasteiger partial charge is 0.225 e. The second-order valence-corrected chi connectivity index (χ2v) is 5.15. The second kappa shape index (κ2) is 5.99. The highest BCUT2D eigenvalue weighted by molar-refractivity contribution is 5.37. The monoisotopic (exact) mass is 288 g/mol. The van der Waals surface area contributed by atoms with Gasteiger partial charge >= 0.3 is 0 Å². The molecular formula is C14H17FN6. The molecule has 1 N–H and O–H groups in total. The Hall–Kier alpha value is -2.31. The molecule has 6 nitrogen and oxygen atoms in total. The maximum atomic E-state index is 12.8. The van der Waals surface area contributed by atoms with Gasteiger partial charge in [0.2, 0.25) is 5.95 Å². The molecule has 0 bridgehead atoms. The van der Waals surface area contributed by atoms with E-state index in [9.17, 15) is 4.39 Å². The molecule has 3 heterocycles. The molecule has 1 aliphatic rings. The summed E-state index contributed by atoms with van der Waals surface area (Å²) in [5, 5.41) is 3.42. The third kappa shape index (κ3) is 3.42. The number of aryl methyl sites for hydroxylation is 1. The minimum absolute atomic E-state index is 0.371. The van der Waals surface area contributed by atoms with Crippen LogP contribution < -0.4 is 10.2 Å². The summed E-state index contributed by atoms with van der Waals surface area (Å²) in [5.41, 5.74) is 0.949. The van der Waals surface area contributed by atoms with Crippen LogP contribution in [0.5, 0.6) is 0 Å². The lowest BCUT2D eigenvalue weighted by atomic mass is 10.1. The van der Waals surface area contributed by atoms with Crippen LogP contribution in [-0.4, -0.2) is 39.1 Å². The summed E-state index contributed by atoms with van der Waals surface area (Å²) >= 11 is 0. The van der Waals surface area contributed by atoms with E-state index in [1.54, 1.807) is 6.33 Å². The van der Waals surface area contributed by atoms with E-state index in [2.05, 4.69) is 30.2 Å². The summed E-state index contributed by atoms with van der Waals surface area (Å²) in [6.07, 6.45) is 5.90. The van der Waals surface area contributed by atoms with Crippen LogP contribution in [0.3, 0.4) is 0 Å². The number of anilines is 2. The van der Waals surface area contributed by atoms with Crippen molar-refractivity contribution in [1.82, 2.24) is 19.9 Å². The minimum Gasteiger partial charge on any atom is -0.367 e. The number of nitrogens with one attached hydrogen (secondary N) is 1. The fourth-order valence-corrected chi connectivity index (χ4v) is 2.44. The average molecular weight is 288 g/mol. The molecule has 0 amide bonds. The molecule has 2 aromatic rings. The number of piperidine rings is 1. The molecule has 2 aromatic heterocycles. The van der Waals surface area contributed by atoms with E-state index in [1.165, 1.54) is 12.4 Å². The standard InChI is InChI=1S/C14H17FN6/c1-10-6-13(19-9-18-10)20-12-2-4-21(5-3-12)14-16-7-11(15)8-17-14/h6-9,12H,2-5H2,1H3,(H,18,19,20). The summed E-state index contributed by atoms with van der Waals surface area (Å²) in [6, 6.07) is 2.31. The number of hydrogen-bond acceptors (Lipinski definition) is 6. The molecule has 0 atom stereocenters. The van der Waals surface area contributed by atoms with E-state index in [-0.39, 0.29) is 0 Å². The molecule has 0 radical (unpaired) electrons. The Morgan fingerprint density at radius 2 is 1.86 bits per heavy atom. The largest absolute Gasteiger partial charge is 0.367 e. The van der Waals surface area contributed by atoms with E-state index >= 15 is 0 Å². The molecule has 0 unspecified atom stereocenters. The van der Waals surface area contributed by atoms with Crippen molar-refractivity contribution in [2.45, 2.75) is 25.8 Å². The van der Waals surface area contributed by atoms with Gasteiger partial charge in [-0.1, -0.05) is 0 Å². The molecule has 0 aromatic carbocycles. The summed E-state index contributed by atoms with van der Waals surface area (Å²) < 4.78 is 12.8. The van der Waals surface area contributed by atoms with Gasteiger partial charge in [0.1, 0.15) is 12.1 Å². The lowest BCUT2D eigenvalue weighted by Gasteiger charge is -2.32. The van der Waals surface area contributed by atoms with E-state index in [0.29, 0.717) is 12.0 Å². The molecule has 0 saturated carbocycles. The first-order valence-corrected chi connectivity index (χ1v) is 6.98. The third-order valence-electron chi connectivity index (χ3n) is 3.54. The number of nitrogens with zero attached hydrogens (tertiary/aromatic N) is 5. The minimum atomic E-state index is -0.408. The number of rotatable bonds is 3. The molecule has 110 valence electrons. The zero-order chi connectivity index (χ0) is 14.7. The van der Waals surface area contributed by atoms with Gasteiger partial charge in [-0.05, 0) is 19.8 Å². The Kier molecular flexibility index (Phi) is 3.89. The first-order valence-electron chi connectivity index (χ1n) is 6.98. The van der Waals surface area contributed by atoms with Crippen LogP contribution in [0.25, 0.3) is 0 Å². The Balaban J connectivity index is 1.56. The van der Waals surface area contributed by atoms with Crippen molar-refractivity contribution >= 4 is 11.8 Å². The van der Waals surface area contributed by atoms with Gasteiger partial charge in [0.15, 0.2) is 5.82 Å². The summed E-state index contributed by atoms with van der Waals surface area (Å²) in [6.45, 7) is 3.63. The van der Waals surface area contributed by atoms with Crippen LogP contribution in [0, 0.1) is 12.7 Å². The van der Waals surface area contributed by atoms with E-state index in [0.717, 1.165) is 37.4 Å². The fourth-order valence-electron chi connectivity index (χ4n) is 2.44. The van der Waals surface area contributed by atoms with Gasteiger partial charge in [-0.15, -0.1) is 0 Å². The normalized spacial score (nSPS) is 16.0. The van der Waals surface area contributed by atoms with Gasteiger partial charge < -0.3 is 10.2 Å². The van der Waals surface area contributed by atoms with Crippen LogP contribution >= 0.6 is 0 Å². The van der Waals surface area contributed by atoms with Gasteiger partial charge in [-0.25, -0.2) is 24.3 Å². The topological polar surface area (TPSA) is 66.8 Å². The van der Waals surface area contributed by atoms with Crippen molar-refractivity contribution in [3.05, 3.63) is 36.3 Å². The Morgan fingerprint density at radius 1 is 1.14 bits per heavy atom. The Morgan fingerprint density at radius 3 is 2.52 bits per heavy atom. The van der Waals surface area contributed by atoms with Crippen molar-refractivity contribution in [3.8, 4) is 0 Å². The van der Waals surface area contributed by atoms with E-state index in [4.69, 9.17) is 0 Å². The molecule has 21 heavy (non-hydrogen) atoms. The van der Waals surface area contributed by atoms with E-state index < -0.39 is 5.82 Å². The van der Waals surface area contributed by atoms with Gasteiger partial charge in [0.25, 0.3) is 0 Å². The van der Waals surface area contributed by atoms with Crippen molar-refractivity contribution in [1.29, 1.82) is 0 Å². The van der Waals surface area contributed by atoms with Crippen molar-refractivity contribution in [3.63, 3.8) is 0 Å². The highest BCUT2D eigenvalue weighted by Gasteiger charge is 2.21. The fraction of sp³-hybridized carbons (Fsp3) is 0.429. The van der Waals surface area contributed by atoms with Crippen LogP contribution in [-0.2, 0) is 0 Å². The predicted molar refractivity (Wildman–Crippen MR) is 77.6 cm³/mol.